The first-order valence-electron chi connectivity index (χ1n) is 8.85. The summed E-state index contributed by atoms with van der Waals surface area (Å²) in [6, 6.07) is 15.6. The lowest BCUT2D eigenvalue weighted by molar-refractivity contribution is 0.102. The molecule has 0 bridgehead atoms. The van der Waals surface area contributed by atoms with Gasteiger partial charge < -0.3 is 5.32 Å². The smallest absolute Gasteiger partial charge is 0.255 e. The van der Waals surface area contributed by atoms with Crippen LogP contribution < -0.4 is 5.32 Å². The number of hydrogen-bond donors (Lipinski definition) is 1. The summed E-state index contributed by atoms with van der Waals surface area (Å²) in [5.74, 6) is -0.121. The van der Waals surface area contributed by atoms with E-state index in [0.29, 0.717) is 5.56 Å². The summed E-state index contributed by atoms with van der Waals surface area (Å²) in [6.45, 7) is 6.48. The van der Waals surface area contributed by atoms with E-state index in [0.717, 1.165) is 21.9 Å². The molecule has 1 N–H and O–H groups in total. The van der Waals surface area contributed by atoms with Crippen molar-refractivity contribution in [2.45, 2.75) is 26.2 Å². The molecule has 1 amide bonds. The van der Waals surface area contributed by atoms with Crippen molar-refractivity contribution in [3.05, 3.63) is 77.4 Å². The fourth-order valence-electron chi connectivity index (χ4n) is 2.99. The van der Waals surface area contributed by atoms with Crippen LogP contribution in [0.4, 0.5) is 5.69 Å². The van der Waals surface area contributed by atoms with Crippen LogP contribution in [0.25, 0.3) is 16.2 Å². The van der Waals surface area contributed by atoms with E-state index in [1.54, 1.807) is 11.3 Å². The van der Waals surface area contributed by atoms with Crippen molar-refractivity contribution in [2.24, 2.45) is 0 Å². The number of hydrogen-bond acceptors (Lipinski definition) is 3. The third-order valence-electron chi connectivity index (χ3n) is 4.56. The van der Waals surface area contributed by atoms with E-state index in [1.165, 1.54) is 5.56 Å². The van der Waals surface area contributed by atoms with Crippen LogP contribution in [0.3, 0.4) is 0 Å². The lowest BCUT2D eigenvalue weighted by atomic mass is 9.86. The third kappa shape index (κ3) is 3.51. The second-order valence-corrected chi connectivity index (χ2v) is 8.42. The molecule has 0 atom stereocenters. The third-order valence-corrected chi connectivity index (χ3v) is 5.33. The molecule has 27 heavy (non-hydrogen) atoms. The van der Waals surface area contributed by atoms with E-state index >= 15 is 0 Å². The average molecular weight is 375 g/mol. The van der Waals surface area contributed by atoms with E-state index in [2.05, 4.69) is 31.1 Å². The van der Waals surface area contributed by atoms with Gasteiger partial charge in [0.15, 0.2) is 4.96 Å². The molecular formula is C22H21N3OS. The molecule has 0 radical (unpaired) electrons. The quantitative estimate of drug-likeness (QED) is 0.506. The zero-order valence-corrected chi connectivity index (χ0v) is 16.4. The Morgan fingerprint density at radius 3 is 2.52 bits per heavy atom. The molecule has 4 rings (SSSR count). The Morgan fingerprint density at radius 2 is 1.81 bits per heavy atom. The number of para-hydroxylation sites is 1. The van der Waals surface area contributed by atoms with Crippen LogP contribution >= 0.6 is 11.3 Å². The van der Waals surface area contributed by atoms with Crippen LogP contribution in [0, 0.1) is 0 Å². The Morgan fingerprint density at radius 1 is 1.07 bits per heavy atom. The first-order valence-corrected chi connectivity index (χ1v) is 9.73. The molecule has 0 fully saturated rings. The largest absolute Gasteiger partial charge is 0.321 e. The van der Waals surface area contributed by atoms with E-state index in [1.807, 2.05) is 70.7 Å². The first kappa shape index (κ1) is 17.5. The molecule has 2 heterocycles. The van der Waals surface area contributed by atoms with Gasteiger partial charge in [0.1, 0.15) is 0 Å². The van der Waals surface area contributed by atoms with Crippen molar-refractivity contribution in [3.63, 3.8) is 0 Å². The summed E-state index contributed by atoms with van der Waals surface area (Å²) in [5.41, 5.74) is 4.43. The second kappa shape index (κ2) is 6.67. The SMILES string of the molecule is CC(C)(C)c1ccc(C(=O)Nc2ccccc2-c2cn3ccsc3n2)cc1. The maximum atomic E-state index is 12.7. The van der Waals surface area contributed by atoms with E-state index in [-0.39, 0.29) is 11.3 Å². The highest BCUT2D eigenvalue weighted by Crippen LogP contribution is 2.29. The van der Waals surface area contributed by atoms with Crippen LogP contribution in [0.2, 0.25) is 0 Å². The van der Waals surface area contributed by atoms with Crippen molar-refractivity contribution in [2.75, 3.05) is 5.32 Å². The molecule has 2 aromatic carbocycles. The highest BCUT2D eigenvalue weighted by Gasteiger charge is 2.16. The molecule has 0 saturated carbocycles. The van der Waals surface area contributed by atoms with Gasteiger partial charge in [0.05, 0.1) is 11.4 Å². The molecule has 2 aromatic heterocycles. The molecule has 0 aliphatic heterocycles. The molecule has 4 aromatic rings. The summed E-state index contributed by atoms with van der Waals surface area (Å²) in [7, 11) is 0. The molecule has 0 aliphatic rings. The predicted molar refractivity (Wildman–Crippen MR) is 112 cm³/mol. The van der Waals surface area contributed by atoms with Gasteiger partial charge in [-0.25, -0.2) is 4.98 Å². The van der Waals surface area contributed by atoms with Crippen molar-refractivity contribution in [3.8, 4) is 11.3 Å². The predicted octanol–water partition coefficient (Wildman–Crippen LogP) is 5.61. The highest BCUT2D eigenvalue weighted by atomic mass is 32.1. The van der Waals surface area contributed by atoms with Gasteiger partial charge in [-0.1, -0.05) is 51.1 Å². The van der Waals surface area contributed by atoms with E-state index in [9.17, 15) is 4.79 Å². The topological polar surface area (TPSA) is 46.4 Å². The van der Waals surface area contributed by atoms with Gasteiger partial charge in [0, 0.05) is 28.9 Å². The Kier molecular flexibility index (Phi) is 4.32. The van der Waals surface area contributed by atoms with E-state index < -0.39 is 0 Å². The monoisotopic (exact) mass is 375 g/mol. The zero-order chi connectivity index (χ0) is 19.0. The fourth-order valence-corrected chi connectivity index (χ4v) is 3.69. The van der Waals surface area contributed by atoms with Crippen molar-refractivity contribution < 1.29 is 4.79 Å². The summed E-state index contributed by atoms with van der Waals surface area (Å²) in [5, 5.41) is 5.04. The number of carbonyl (C=O) groups excluding carboxylic acids is 1. The van der Waals surface area contributed by atoms with Crippen LogP contribution in [-0.4, -0.2) is 15.3 Å². The van der Waals surface area contributed by atoms with Crippen LogP contribution in [-0.2, 0) is 5.41 Å². The minimum absolute atomic E-state index is 0.0651. The number of rotatable bonds is 3. The molecule has 136 valence electrons. The number of anilines is 1. The van der Waals surface area contributed by atoms with Crippen LogP contribution in [0.15, 0.2) is 66.3 Å². The maximum Gasteiger partial charge on any atom is 0.255 e. The number of nitrogens with one attached hydrogen (secondary N) is 1. The van der Waals surface area contributed by atoms with Gasteiger partial charge in [0.25, 0.3) is 5.91 Å². The summed E-state index contributed by atoms with van der Waals surface area (Å²) in [6.07, 6.45) is 3.96. The zero-order valence-electron chi connectivity index (χ0n) is 15.6. The normalized spacial score (nSPS) is 11.7. The van der Waals surface area contributed by atoms with Crippen molar-refractivity contribution in [1.82, 2.24) is 9.38 Å². The maximum absolute atomic E-state index is 12.7. The number of carbonyl (C=O) groups is 1. The van der Waals surface area contributed by atoms with Crippen LogP contribution in [0.1, 0.15) is 36.7 Å². The van der Waals surface area contributed by atoms with Gasteiger partial charge >= 0.3 is 0 Å². The average Bonchev–Trinajstić information content (AvgIpc) is 3.23. The van der Waals surface area contributed by atoms with E-state index in [4.69, 9.17) is 0 Å². The van der Waals surface area contributed by atoms with Crippen molar-refractivity contribution >= 4 is 27.9 Å². The number of amides is 1. The second-order valence-electron chi connectivity index (χ2n) is 7.55. The Hall–Kier alpha value is -2.92. The number of nitrogens with zero attached hydrogens (tertiary/aromatic N) is 2. The van der Waals surface area contributed by atoms with Crippen LogP contribution in [0.5, 0.6) is 0 Å². The van der Waals surface area contributed by atoms with Gasteiger partial charge in [-0.05, 0) is 29.2 Å². The minimum atomic E-state index is -0.121. The number of benzene rings is 2. The molecule has 0 aliphatic carbocycles. The fraction of sp³-hybridized carbons (Fsp3) is 0.182. The molecule has 0 saturated heterocycles. The number of fused-ring (bicyclic) bond motifs is 1. The Balaban J connectivity index is 1.61. The minimum Gasteiger partial charge on any atom is -0.321 e. The first-order chi connectivity index (χ1) is 12.9. The molecule has 0 unspecified atom stereocenters. The number of imidazole rings is 1. The summed E-state index contributed by atoms with van der Waals surface area (Å²) in [4.78, 5) is 18.3. The lowest BCUT2D eigenvalue weighted by Crippen LogP contribution is -2.14. The summed E-state index contributed by atoms with van der Waals surface area (Å²) < 4.78 is 1.99. The van der Waals surface area contributed by atoms with Gasteiger partial charge in [0.2, 0.25) is 0 Å². The highest BCUT2D eigenvalue weighted by molar-refractivity contribution is 7.15. The Bertz CT molecular complexity index is 1070. The molecular weight excluding hydrogens is 354 g/mol. The standard InChI is InChI=1S/C22H21N3OS/c1-22(2,3)16-10-8-15(9-11-16)20(26)23-18-7-5-4-6-17(18)19-14-25-12-13-27-21(25)24-19/h4-14H,1-3H3,(H,23,26). The number of aromatic nitrogens is 2. The molecule has 0 spiro atoms. The van der Waals surface area contributed by atoms with Crippen molar-refractivity contribution in [1.29, 1.82) is 0 Å². The summed E-state index contributed by atoms with van der Waals surface area (Å²) >= 11 is 1.59. The molecule has 5 heteroatoms. The van der Waals surface area contributed by atoms with Gasteiger partial charge in [-0.15, -0.1) is 11.3 Å². The van der Waals surface area contributed by atoms with Gasteiger partial charge in [-0.2, -0.15) is 0 Å². The molecule has 4 nitrogen and oxygen atoms in total. The number of thiazole rings is 1. The Labute approximate surface area is 162 Å². The lowest BCUT2D eigenvalue weighted by Gasteiger charge is -2.19. The van der Waals surface area contributed by atoms with Gasteiger partial charge in [-0.3, -0.25) is 9.20 Å².